The molecule has 11 aromatic heterocycles. The van der Waals surface area contributed by atoms with E-state index in [9.17, 15) is 38.4 Å². The summed E-state index contributed by atoms with van der Waals surface area (Å²) in [4.78, 5) is 126. The largest absolute Gasteiger partial charge is 0.481 e. The number of allylic oxidation sites excluding steroid dienone is 1. The fourth-order valence-electron chi connectivity index (χ4n) is 14.1. The highest BCUT2D eigenvalue weighted by Crippen LogP contribution is 2.32. The van der Waals surface area contributed by atoms with E-state index < -0.39 is 5.97 Å². The summed E-state index contributed by atoms with van der Waals surface area (Å²) in [6.07, 6.45) is 15.3. The van der Waals surface area contributed by atoms with Crippen molar-refractivity contribution in [1.29, 1.82) is 0 Å². The number of aliphatic imine (C=N–C) groups is 1. The van der Waals surface area contributed by atoms with Gasteiger partial charge in [0.05, 0.1) is 50.1 Å². The predicted molar refractivity (Wildman–Crippen MR) is 490 cm³/mol. The molecule has 0 radical (unpaired) electrons. The molecule has 14 heterocycles. The lowest BCUT2D eigenvalue weighted by atomic mass is 10.2. The van der Waals surface area contributed by atoms with Gasteiger partial charge in [0.2, 0.25) is 0 Å². The molecule has 4 aliphatic rings. The van der Waals surface area contributed by atoms with E-state index >= 15 is 0 Å². The summed E-state index contributed by atoms with van der Waals surface area (Å²) < 4.78 is 36.1. The molecule has 3 aliphatic heterocycles. The maximum Gasteiger partial charge on any atom is 0.330 e. The van der Waals surface area contributed by atoms with Crippen LogP contribution in [0.1, 0.15) is 84.1 Å². The zero-order chi connectivity index (χ0) is 88.3. The van der Waals surface area contributed by atoms with Crippen LogP contribution >= 0.6 is 96.8 Å². The van der Waals surface area contributed by atoms with E-state index in [4.69, 9.17) is 83.2 Å². The number of carboxylic acids is 1. The van der Waals surface area contributed by atoms with Crippen LogP contribution in [-0.2, 0) is 138 Å². The summed E-state index contributed by atoms with van der Waals surface area (Å²) in [5.41, 5.74) is 8.19. The van der Waals surface area contributed by atoms with E-state index in [0.29, 0.717) is 80.1 Å². The lowest BCUT2D eigenvalue weighted by Gasteiger charge is -2.26. The average Bonchev–Trinajstić information content (AvgIpc) is 1.75. The van der Waals surface area contributed by atoms with Gasteiger partial charge in [0.25, 0.3) is 0 Å². The molecule has 44 heteroatoms. The topological polar surface area (TPSA) is 345 Å². The third-order valence-electron chi connectivity index (χ3n) is 21.4. The van der Waals surface area contributed by atoms with Crippen LogP contribution in [0.25, 0.3) is 55.8 Å². The highest BCUT2D eigenvalue weighted by molar-refractivity contribution is 8.14. The van der Waals surface area contributed by atoms with Gasteiger partial charge < -0.3 is 38.0 Å². The van der Waals surface area contributed by atoms with Crippen LogP contribution in [0.4, 0.5) is 5.82 Å². The zero-order valence-corrected chi connectivity index (χ0v) is 77.8. The molecule has 3 fully saturated rings. The van der Waals surface area contributed by atoms with Crippen molar-refractivity contribution in [3.8, 4) is 0 Å². The Morgan fingerprint density at radius 2 is 0.876 bits per heavy atom. The Labute approximate surface area is 736 Å². The maximum absolute atomic E-state index is 12.4. The second-order valence-corrected chi connectivity index (χ2v) is 34.8. The minimum absolute atomic E-state index is 0.0716. The molecule has 11 aromatic rings. The number of Topliss-reactive ketones (excluding diaryl/α,β-unsaturated/α-hetero) is 1. The number of ether oxygens (including phenoxy) is 1. The number of carbonyl (C=O) groups excluding carboxylic acids is 1. The van der Waals surface area contributed by atoms with Crippen molar-refractivity contribution in [2.24, 2.45) is 95.5 Å². The minimum Gasteiger partial charge on any atom is -0.481 e. The Morgan fingerprint density at radius 3 is 1.32 bits per heavy atom. The minimum atomic E-state index is -0.831. The Kier molecular flexibility index (Phi) is 32.7. The Hall–Kier alpha value is -8.96. The molecular weight excluding hydrogens is 1710 g/mol. The van der Waals surface area contributed by atoms with E-state index in [1.807, 2.05) is 25.2 Å². The molecule has 1 saturated carbocycles. The zero-order valence-electron chi connectivity index (χ0n) is 71.3. The number of morpholine rings is 1. The lowest BCUT2D eigenvalue weighted by Crippen LogP contribution is -2.44. The number of ketones is 1. The molecule has 0 aromatic carbocycles. The molecule has 2 N–H and O–H groups in total. The number of fused-ring (bicyclic) bond motifs is 6. The molecule has 0 spiro atoms. The normalized spacial score (nSPS) is 14.1. The highest BCUT2D eigenvalue weighted by atomic mass is 32.2. The Balaban J connectivity index is 0.000000154. The van der Waals surface area contributed by atoms with E-state index in [-0.39, 0.29) is 58.8 Å². The van der Waals surface area contributed by atoms with Crippen LogP contribution < -0.4 is 39.5 Å². The number of nitrogens with zero attached hydrogens (tertiary/aromatic N) is 25. The first kappa shape index (κ1) is 94.3. The van der Waals surface area contributed by atoms with Gasteiger partial charge in [-0.05, 0) is 51.9 Å². The van der Waals surface area contributed by atoms with Crippen molar-refractivity contribution < 1.29 is 19.4 Å². The van der Waals surface area contributed by atoms with Crippen LogP contribution in [0.15, 0.2) is 76.4 Å². The molecule has 0 unspecified atom stereocenters. The fourth-order valence-corrected chi connectivity index (χ4v) is 17.8. The van der Waals surface area contributed by atoms with Gasteiger partial charge in [-0.3, -0.25) is 74.2 Å². The van der Waals surface area contributed by atoms with Gasteiger partial charge in [-0.25, -0.2) is 58.7 Å². The number of piperazine rings is 1. The second-order valence-electron chi connectivity index (χ2n) is 30.2. The number of aryl methyl sites for hydroxylation is 9. The first-order valence-corrected chi connectivity index (χ1v) is 44.3. The number of carbonyl (C=O) groups is 2. The summed E-state index contributed by atoms with van der Waals surface area (Å²) in [5, 5.41) is 14.2. The van der Waals surface area contributed by atoms with Crippen LogP contribution in [0.3, 0.4) is 0 Å². The van der Waals surface area contributed by atoms with Crippen molar-refractivity contribution >= 4 is 175 Å². The number of carboxylic acid groups (broad SMARTS) is 1. The van der Waals surface area contributed by atoms with Crippen LogP contribution in [0, 0.1) is 33.8 Å². The van der Waals surface area contributed by atoms with Crippen molar-refractivity contribution in [1.82, 2.24) is 118 Å². The number of aromatic nitrogens is 22. The number of imidazole rings is 5. The number of hydrogen-bond donors (Lipinski definition) is 2. The van der Waals surface area contributed by atoms with Crippen LogP contribution in [0.5, 0.6) is 0 Å². The first-order chi connectivity index (χ1) is 57.6. The van der Waals surface area contributed by atoms with E-state index in [1.165, 1.54) is 55.8 Å². The molecule has 0 bridgehead atoms. The molecular formula is C77H108N26O10S8. The molecule has 0 atom stereocenters. The van der Waals surface area contributed by atoms with E-state index in [2.05, 4.69) is 65.5 Å². The number of nitrogens with one attached hydrogen (secondary N) is 1. The molecule has 0 amide bonds. The molecule has 654 valence electrons. The number of rotatable bonds is 23. The number of unbranched alkanes of at least 4 members (excludes halogenated alkanes) is 1. The molecule has 36 nitrogen and oxygen atoms in total. The summed E-state index contributed by atoms with van der Waals surface area (Å²) in [7, 11) is 20.3. The summed E-state index contributed by atoms with van der Waals surface area (Å²) in [5.74, 6) is 2.19. The number of hydrogen-bond acceptors (Lipinski definition) is 26. The summed E-state index contributed by atoms with van der Waals surface area (Å²) in [6, 6.07) is 0. The third-order valence-corrected chi connectivity index (χ3v) is 26.2. The SMILES string of the molecule is C=C(C)CCCn1cnc2c1c(=S)n(C)c(=O)n2C.CCCCn1cnc2c1c(=S)n(C)c(=O)n2C.CCCn1cnc2c1c(=S)n(C)c(=O)n2C.Cn1c(=S)c2c(nc(SCCN3CCOCC3)n2CCCC(=O)O)n(C)c1=O.Cn1c(=S)c2c(ncn2CC(=O)C2CC2)n(C)c1=O.Cn1c2c(c(=S)n(C)c1=O)CC(SCCN1CCNCC1)=N2. The maximum atomic E-state index is 12.4. The van der Waals surface area contributed by atoms with Crippen LogP contribution in [0.2, 0.25) is 0 Å². The van der Waals surface area contributed by atoms with Crippen molar-refractivity contribution in [3.05, 3.63) is 134 Å². The van der Waals surface area contributed by atoms with E-state index in [1.54, 1.807) is 143 Å². The van der Waals surface area contributed by atoms with Crippen LogP contribution in [-0.4, -0.2) is 211 Å². The van der Waals surface area contributed by atoms with Gasteiger partial charge >= 0.3 is 40.1 Å². The van der Waals surface area contributed by atoms with Gasteiger partial charge in [0.1, 0.15) is 61.2 Å². The average molecular weight is 1810 g/mol. The van der Waals surface area contributed by atoms with Crippen molar-refractivity contribution in [2.75, 3.05) is 77.1 Å². The molecule has 121 heavy (non-hydrogen) atoms. The molecule has 1 aliphatic carbocycles. The Morgan fingerprint density at radius 1 is 0.479 bits per heavy atom. The van der Waals surface area contributed by atoms with E-state index in [0.717, 1.165) is 186 Å². The Bertz CT molecular complexity index is 6560. The standard InChI is InChI=1S/C17H25N5O4S2.C14H21N5OS2.C13H18N4OS.C12H14N4O2S.C11H16N4OS.C10H14N4OS/c1-19-14-13(15(27)20(2)17(19)25)22(5-3-4-12(23)24)16(18-14)28-11-8-21-6-9-26-10-7-21;1-17-12-10(13(21)18(2)14(17)20)9-11(16-12)22-8-7-19-5-3-15-4-6-19;1-9(2)6-5-7-17-8-14-11-10(17)12(19)16(4)13(18)15(11)3;1-14-10-9(11(19)15(2)12(14)18)16(6-13-10)5-8(17)7-3-4-7;1-4-5-6-15-7-12-9-8(15)10(17)14(3)11(16)13(9)2;1-4-5-14-6-11-8-7(14)9(16)13(3)10(15)12(8)2/h3-11H2,1-2H3,(H,23,24);15H,3-9H2,1-2H3;8H,1,5-7H2,2-4H3;6-7H,3-5H2,1-2H3;7H,4-6H2,1-3H3;6H,4-5H2,1-3H3. The monoisotopic (exact) mass is 1810 g/mol. The number of thioether (sulfide) groups is 2. The fraction of sp³-hybridized carbons (Fsp3) is 0.558. The number of aliphatic carboxylic acids is 1. The molecule has 2 saturated heterocycles. The smallest absolute Gasteiger partial charge is 0.330 e. The van der Waals surface area contributed by atoms with Gasteiger partial charge in [0, 0.05) is 199 Å². The van der Waals surface area contributed by atoms with Gasteiger partial charge in [-0.2, -0.15) is 0 Å². The highest BCUT2D eigenvalue weighted by Gasteiger charge is 2.30. The third kappa shape index (κ3) is 21.3. The quantitative estimate of drug-likeness (QED) is 0.0355. The van der Waals surface area contributed by atoms with Crippen molar-refractivity contribution in [3.63, 3.8) is 0 Å². The summed E-state index contributed by atoms with van der Waals surface area (Å²) in [6.45, 7) is 23.3. The molecule has 15 rings (SSSR count). The lowest BCUT2D eigenvalue weighted by molar-refractivity contribution is -0.137. The predicted octanol–water partition coefficient (Wildman–Crippen LogP) is 7.53. The van der Waals surface area contributed by atoms with Gasteiger partial charge in [-0.1, -0.05) is 111 Å². The second kappa shape index (κ2) is 41.9. The van der Waals surface area contributed by atoms with Crippen molar-refractivity contribution in [2.45, 2.75) is 123 Å². The van der Waals surface area contributed by atoms with Gasteiger partial charge in [-0.15, -0.1) is 18.3 Å². The first-order valence-electron chi connectivity index (χ1n) is 39.9. The van der Waals surface area contributed by atoms with Gasteiger partial charge in [0.15, 0.2) is 39.2 Å². The summed E-state index contributed by atoms with van der Waals surface area (Å²) >= 11 is 35.5.